The molecule has 0 fully saturated rings. The van der Waals surface area contributed by atoms with Crippen molar-refractivity contribution in [3.63, 3.8) is 0 Å². The molecule has 0 saturated heterocycles. The van der Waals surface area contributed by atoms with Crippen LogP contribution in [0.25, 0.3) is 0 Å². The van der Waals surface area contributed by atoms with Crippen molar-refractivity contribution < 1.29 is 9.53 Å². The fourth-order valence-corrected chi connectivity index (χ4v) is 1.72. The van der Waals surface area contributed by atoms with Gasteiger partial charge in [0.2, 0.25) is 0 Å². The van der Waals surface area contributed by atoms with Gasteiger partial charge in [0.1, 0.15) is 0 Å². The monoisotopic (exact) mass is 232 g/mol. The molecule has 0 saturated carbocycles. The zero-order valence-corrected chi connectivity index (χ0v) is 10.1. The van der Waals surface area contributed by atoms with E-state index in [0.717, 1.165) is 23.1 Å². The summed E-state index contributed by atoms with van der Waals surface area (Å²) in [5.74, 6) is -0.326. The summed E-state index contributed by atoms with van der Waals surface area (Å²) < 4.78 is 4.62. The van der Waals surface area contributed by atoms with E-state index in [1.165, 1.54) is 7.11 Å². The molecule has 4 nitrogen and oxygen atoms in total. The van der Waals surface area contributed by atoms with Crippen molar-refractivity contribution in [2.24, 2.45) is 5.73 Å². The van der Waals surface area contributed by atoms with Gasteiger partial charge in [0.05, 0.1) is 25.2 Å². The fourth-order valence-electron chi connectivity index (χ4n) is 1.72. The predicted octanol–water partition coefficient (Wildman–Crippen LogP) is 1.29. The van der Waals surface area contributed by atoms with Gasteiger partial charge in [-0.3, -0.25) is 4.79 Å². The second-order valence-electron chi connectivity index (χ2n) is 3.70. The molecule has 0 spiro atoms. The molecule has 17 heavy (non-hydrogen) atoms. The van der Waals surface area contributed by atoms with Crippen LogP contribution in [0.1, 0.15) is 29.2 Å². The smallest absolute Gasteiger partial charge is 0.309 e. The molecule has 1 aromatic carbocycles. The molecule has 1 rings (SSSR count). The minimum atomic E-state index is -0.326. The van der Waals surface area contributed by atoms with Crippen LogP contribution in [0.3, 0.4) is 0 Å². The highest BCUT2D eigenvalue weighted by Crippen LogP contribution is 2.18. The van der Waals surface area contributed by atoms with Gasteiger partial charge in [0, 0.05) is 6.54 Å². The van der Waals surface area contributed by atoms with Crippen molar-refractivity contribution >= 4 is 5.97 Å². The third-order valence-electron chi connectivity index (χ3n) is 2.71. The standard InChI is InChI=1S/C13H16N2O2/c1-3-9-4-12(8-15)10(5-11(9)7-14)6-13(16)17-2/h4-5H,3,6,8,15H2,1-2H3. The second kappa shape index (κ2) is 6.02. The van der Waals surface area contributed by atoms with Crippen molar-refractivity contribution in [2.75, 3.05) is 7.11 Å². The van der Waals surface area contributed by atoms with Gasteiger partial charge in [-0.1, -0.05) is 13.0 Å². The van der Waals surface area contributed by atoms with E-state index >= 15 is 0 Å². The molecule has 2 N–H and O–H groups in total. The van der Waals surface area contributed by atoms with E-state index in [2.05, 4.69) is 10.8 Å². The average Bonchev–Trinajstić information content (AvgIpc) is 2.37. The Labute approximate surface area is 101 Å². The van der Waals surface area contributed by atoms with E-state index in [0.29, 0.717) is 12.1 Å². The number of nitriles is 1. The summed E-state index contributed by atoms with van der Waals surface area (Å²) in [7, 11) is 1.34. The molecule has 0 aliphatic heterocycles. The molecule has 0 radical (unpaired) electrons. The summed E-state index contributed by atoms with van der Waals surface area (Å²) in [4.78, 5) is 11.3. The lowest BCUT2D eigenvalue weighted by molar-refractivity contribution is -0.139. The number of aryl methyl sites for hydroxylation is 1. The molecular weight excluding hydrogens is 216 g/mol. The lowest BCUT2D eigenvalue weighted by Crippen LogP contribution is -2.10. The average molecular weight is 232 g/mol. The number of carbonyl (C=O) groups excluding carboxylic acids is 1. The number of nitrogens with two attached hydrogens (primary N) is 1. The molecular formula is C13H16N2O2. The van der Waals surface area contributed by atoms with E-state index in [1.807, 2.05) is 13.0 Å². The van der Waals surface area contributed by atoms with Crippen molar-refractivity contribution in [3.05, 3.63) is 34.4 Å². The van der Waals surface area contributed by atoms with Gasteiger partial charge in [-0.25, -0.2) is 0 Å². The van der Waals surface area contributed by atoms with Gasteiger partial charge >= 0.3 is 5.97 Å². The molecule has 0 unspecified atom stereocenters. The van der Waals surface area contributed by atoms with Gasteiger partial charge in [0.25, 0.3) is 0 Å². The Kier molecular flexibility index (Phi) is 4.68. The van der Waals surface area contributed by atoms with Crippen LogP contribution in [0.15, 0.2) is 12.1 Å². The number of esters is 1. The zero-order valence-electron chi connectivity index (χ0n) is 10.1. The molecule has 0 aromatic heterocycles. The van der Waals surface area contributed by atoms with Crippen LogP contribution in [-0.2, 0) is 28.9 Å². The number of rotatable bonds is 4. The fraction of sp³-hybridized carbons (Fsp3) is 0.385. The Hall–Kier alpha value is -1.86. The topological polar surface area (TPSA) is 76.1 Å². The molecule has 0 aliphatic carbocycles. The minimum Gasteiger partial charge on any atom is -0.469 e. The van der Waals surface area contributed by atoms with E-state index in [4.69, 9.17) is 11.0 Å². The van der Waals surface area contributed by atoms with Gasteiger partial charge < -0.3 is 10.5 Å². The number of hydrogen-bond acceptors (Lipinski definition) is 4. The number of carbonyl (C=O) groups is 1. The third-order valence-corrected chi connectivity index (χ3v) is 2.71. The largest absolute Gasteiger partial charge is 0.469 e. The van der Waals surface area contributed by atoms with E-state index < -0.39 is 0 Å². The normalized spacial score (nSPS) is 9.76. The highest BCUT2D eigenvalue weighted by molar-refractivity contribution is 5.73. The minimum absolute atomic E-state index is 0.154. The van der Waals surface area contributed by atoms with Crippen LogP contribution in [0, 0.1) is 11.3 Å². The molecule has 4 heteroatoms. The summed E-state index contributed by atoms with van der Waals surface area (Å²) in [6.07, 6.45) is 0.927. The summed E-state index contributed by atoms with van der Waals surface area (Å²) in [5.41, 5.74) is 8.87. The van der Waals surface area contributed by atoms with Crippen LogP contribution < -0.4 is 5.73 Å². The first-order valence-electron chi connectivity index (χ1n) is 5.47. The van der Waals surface area contributed by atoms with Crippen molar-refractivity contribution in [3.8, 4) is 6.07 Å². The Morgan fingerprint density at radius 2 is 2.12 bits per heavy atom. The maximum absolute atomic E-state index is 11.3. The second-order valence-corrected chi connectivity index (χ2v) is 3.70. The first-order chi connectivity index (χ1) is 8.15. The van der Waals surface area contributed by atoms with Crippen molar-refractivity contribution in [2.45, 2.75) is 26.3 Å². The van der Waals surface area contributed by atoms with E-state index in [9.17, 15) is 4.79 Å². The Morgan fingerprint density at radius 1 is 1.41 bits per heavy atom. The highest BCUT2D eigenvalue weighted by Gasteiger charge is 2.11. The third kappa shape index (κ3) is 3.05. The summed E-state index contributed by atoms with van der Waals surface area (Å²) in [6.45, 7) is 2.33. The van der Waals surface area contributed by atoms with Crippen LogP contribution in [0.2, 0.25) is 0 Å². The van der Waals surface area contributed by atoms with Crippen molar-refractivity contribution in [1.29, 1.82) is 5.26 Å². The lowest BCUT2D eigenvalue weighted by atomic mass is 9.96. The van der Waals surface area contributed by atoms with Gasteiger partial charge in [-0.2, -0.15) is 5.26 Å². The maximum Gasteiger partial charge on any atom is 0.309 e. The van der Waals surface area contributed by atoms with E-state index in [1.54, 1.807) is 6.07 Å². The van der Waals surface area contributed by atoms with Crippen LogP contribution in [-0.4, -0.2) is 13.1 Å². The number of nitrogens with zero attached hydrogens (tertiary/aromatic N) is 1. The number of hydrogen-bond donors (Lipinski definition) is 1. The zero-order chi connectivity index (χ0) is 12.8. The first kappa shape index (κ1) is 13.2. The molecule has 0 amide bonds. The molecule has 0 bridgehead atoms. The molecule has 0 heterocycles. The van der Waals surface area contributed by atoms with Crippen LogP contribution in [0.4, 0.5) is 0 Å². The summed E-state index contributed by atoms with van der Waals surface area (Å²) >= 11 is 0. The Morgan fingerprint density at radius 3 is 2.59 bits per heavy atom. The van der Waals surface area contributed by atoms with E-state index in [-0.39, 0.29) is 12.4 Å². The molecule has 0 atom stereocenters. The quantitative estimate of drug-likeness (QED) is 0.794. The predicted molar refractivity (Wildman–Crippen MR) is 64.1 cm³/mol. The van der Waals surface area contributed by atoms with Crippen LogP contribution in [0.5, 0.6) is 0 Å². The lowest BCUT2D eigenvalue weighted by Gasteiger charge is -2.10. The number of ether oxygens (including phenoxy) is 1. The van der Waals surface area contributed by atoms with Gasteiger partial charge in [-0.15, -0.1) is 0 Å². The SMILES string of the molecule is CCc1cc(CN)c(CC(=O)OC)cc1C#N. The van der Waals surface area contributed by atoms with Crippen molar-refractivity contribution in [1.82, 2.24) is 0 Å². The molecule has 90 valence electrons. The highest BCUT2D eigenvalue weighted by atomic mass is 16.5. The molecule has 0 aliphatic rings. The summed E-state index contributed by atoms with van der Waals surface area (Å²) in [6, 6.07) is 5.77. The number of methoxy groups -OCH3 is 1. The Balaban J connectivity index is 3.20. The van der Waals surface area contributed by atoms with Gasteiger partial charge in [-0.05, 0) is 29.2 Å². The Bertz CT molecular complexity index is 461. The number of benzene rings is 1. The maximum atomic E-state index is 11.3. The van der Waals surface area contributed by atoms with Crippen LogP contribution >= 0.6 is 0 Å². The first-order valence-corrected chi connectivity index (χ1v) is 5.47. The van der Waals surface area contributed by atoms with Gasteiger partial charge in [0.15, 0.2) is 0 Å². The summed E-state index contributed by atoms with van der Waals surface area (Å²) in [5, 5.41) is 9.03. The molecule has 1 aromatic rings.